The Hall–Kier alpha value is -2.28. The molecule has 1 aliphatic rings. The zero-order valence-corrected chi connectivity index (χ0v) is 12.8. The summed E-state index contributed by atoms with van der Waals surface area (Å²) in [6.07, 6.45) is -5.74. The second kappa shape index (κ2) is 7.74. The topological polar surface area (TPSA) is 186 Å². The average molecular weight is 360 g/mol. The van der Waals surface area contributed by atoms with E-state index in [0.29, 0.717) is 0 Å². The molecule has 1 aliphatic heterocycles. The molecule has 5 atom stereocenters. The number of alkyl halides is 1. The molecule has 0 saturated carbocycles. The number of aliphatic hydroxyl groups excluding tert-OH is 4. The minimum Gasteiger partial charge on any atom is -0.394 e. The van der Waals surface area contributed by atoms with Crippen LogP contribution < -0.4 is 11.0 Å². The van der Waals surface area contributed by atoms with E-state index >= 15 is 0 Å². The number of rotatable bonds is 7. The van der Waals surface area contributed by atoms with Crippen molar-refractivity contribution in [1.82, 2.24) is 9.55 Å². The maximum absolute atomic E-state index is 14.3. The molecule has 1 aromatic heterocycles. The lowest BCUT2D eigenvalue weighted by atomic mass is 10.1. The molecule has 5 N–H and O–H groups in total. The first-order chi connectivity index (χ1) is 11.9. The number of hydrogen-bond acceptors (Lipinski definition) is 9. The molecule has 2 unspecified atom stereocenters. The Labute approximate surface area is 139 Å². The summed E-state index contributed by atoms with van der Waals surface area (Å²) < 4.78 is 20.2. The number of halogens is 1. The molecule has 12 nitrogen and oxygen atoms in total. The number of anilines is 1. The highest BCUT2D eigenvalue weighted by Crippen LogP contribution is 2.39. The summed E-state index contributed by atoms with van der Waals surface area (Å²) in [6.45, 7) is -1.54. The maximum atomic E-state index is 14.3. The van der Waals surface area contributed by atoms with Crippen molar-refractivity contribution >= 4 is 5.82 Å². The minimum absolute atomic E-state index is 0.0613. The zero-order chi connectivity index (χ0) is 18.6. The lowest BCUT2D eigenvalue weighted by Gasteiger charge is -2.23. The van der Waals surface area contributed by atoms with Crippen LogP contribution in [0.5, 0.6) is 0 Å². The predicted octanol–water partition coefficient (Wildman–Crippen LogP) is -1.76. The van der Waals surface area contributed by atoms with E-state index in [0.717, 1.165) is 10.8 Å². The highest BCUT2D eigenvalue weighted by atomic mass is 19.1. The van der Waals surface area contributed by atoms with Gasteiger partial charge in [-0.15, -0.1) is 0 Å². The molecule has 0 amide bonds. The summed E-state index contributed by atoms with van der Waals surface area (Å²) in [4.78, 5) is 18.1. The first-order valence-electron chi connectivity index (χ1n) is 7.17. The van der Waals surface area contributed by atoms with Crippen LogP contribution in [0.2, 0.25) is 0 Å². The highest BCUT2D eigenvalue weighted by molar-refractivity contribution is 5.32. The van der Waals surface area contributed by atoms with Gasteiger partial charge in [0, 0.05) is 17.7 Å². The third-order valence-corrected chi connectivity index (χ3v) is 3.64. The number of ether oxygens (including phenoxy) is 1. The maximum Gasteiger partial charge on any atom is 0.351 e. The number of aliphatic hydroxyl groups is 4. The summed E-state index contributed by atoms with van der Waals surface area (Å²) in [5.41, 5.74) is 5.31. The van der Waals surface area contributed by atoms with Gasteiger partial charge in [-0.25, -0.2) is 9.18 Å². The Morgan fingerprint density at radius 2 is 2.32 bits per heavy atom. The molecule has 0 radical (unpaired) electrons. The van der Waals surface area contributed by atoms with Gasteiger partial charge in [-0.3, -0.25) is 4.57 Å². The second-order valence-corrected chi connectivity index (χ2v) is 5.31. The SMILES string of the molecule is [N-]=[N+]=N[C@]1(CO)O[C@@H](n2ccc(NCC(O)CO)nc2=O)[C@@H](F)C1O. The number of azide groups is 1. The number of aromatic nitrogens is 2. The van der Waals surface area contributed by atoms with Gasteiger partial charge in [-0.1, -0.05) is 5.11 Å². The highest BCUT2D eigenvalue weighted by Gasteiger charge is 2.56. The molecule has 1 aromatic rings. The molecule has 0 spiro atoms. The van der Waals surface area contributed by atoms with Crippen molar-refractivity contribution in [1.29, 1.82) is 0 Å². The van der Waals surface area contributed by atoms with Crippen molar-refractivity contribution < 1.29 is 29.6 Å². The van der Waals surface area contributed by atoms with Gasteiger partial charge in [-0.2, -0.15) is 4.98 Å². The Balaban J connectivity index is 2.24. The van der Waals surface area contributed by atoms with Gasteiger partial charge in [0.25, 0.3) is 0 Å². The standard InChI is InChI=1S/C12H17FN6O6/c13-8-9(23)12(5-21,17-18-14)25-10(8)19-2-1-7(16-11(19)24)15-3-6(22)4-20/h1-2,6,8-10,20-23H,3-5H2,(H,15,16,24)/t6?,8-,9?,10+,12+/m0/s1. The summed E-state index contributed by atoms with van der Waals surface area (Å²) in [5.74, 6) is 0.0613. The molecule has 25 heavy (non-hydrogen) atoms. The van der Waals surface area contributed by atoms with E-state index in [4.69, 9.17) is 15.4 Å². The summed E-state index contributed by atoms with van der Waals surface area (Å²) in [7, 11) is 0. The van der Waals surface area contributed by atoms with Crippen LogP contribution >= 0.6 is 0 Å². The van der Waals surface area contributed by atoms with Gasteiger partial charge in [0.15, 0.2) is 12.4 Å². The molecule has 0 aromatic carbocycles. The van der Waals surface area contributed by atoms with Crippen LogP contribution in [0.4, 0.5) is 10.2 Å². The van der Waals surface area contributed by atoms with Gasteiger partial charge in [0.2, 0.25) is 5.72 Å². The zero-order valence-electron chi connectivity index (χ0n) is 12.8. The molecule has 0 aliphatic carbocycles. The fourth-order valence-electron chi connectivity index (χ4n) is 2.27. The normalized spacial score (nSPS) is 29.9. The third kappa shape index (κ3) is 3.71. The third-order valence-electron chi connectivity index (χ3n) is 3.64. The molecule has 1 saturated heterocycles. The van der Waals surface area contributed by atoms with E-state index in [1.807, 2.05) is 0 Å². The quantitative estimate of drug-likeness (QED) is 0.215. The average Bonchev–Trinajstić information content (AvgIpc) is 2.85. The molecule has 0 bridgehead atoms. The van der Waals surface area contributed by atoms with Gasteiger partial charge in [-0.05, 0) is 11.6 Å². The fraction of sp³-hybridized carbons (Fsp3) is 0.667. The van der Waals surface area contributed by atoms with Crippen molar-refractivity contribution in [3.63, 3.8) is 0 Å². The molecule has 2 heterocycles. The Morgan fingerprint density at radius 3 is 2.88 bits per heavy atom. The van der Waals surface area contributed by atoms with Gasteiger partial charge >= 0.3 is 5.69 Å². The van der Waals surface area contributed by atoms with E-state index < -0.39 is 49.2 Å². The fourth-order valence-corrected chi connectivity index (χ4v) is 2.27. The smallest absolute Gasteiger partial charge is 0.351 e. The summed E-state index contributed by atoms with van der Waals surface area (Å²) in [5, 5.41) is 42.8. The first-order valence-corrected chi connectivity index (χ1v) is 7.17. The number of hydrogen-bond donors (Lipinski definition) is 5. The Morgan fingerprint density at radius 1 is 1.60 bits per heavy atom. The molecule has 2 rings (SSSR count). The van der Waals surface area contributed by atoms with Crippen molar-refractivity contribution in [2.75, 3.05) is 25.1 Å². The predicted molar refractivity (Wildman–Crippen MR) is 80.1 cm³/mol. The lowest BCUT2D eigenvalue weighted by molar-refractivity contribution is -0.124. The van der Waals surface area contributed by atoms with Crippen molar-refractivity contribution in [3.05, 3.63) is 33.2 Å². The first kappa shape index (κ1) is 19.1. The van der Waals surface area contributed by atoms with Crippen LogP contribution in [0.25, 0.3) is 10.4 Å². The van der Waals surface area contributed by atoms with E-state index in [-0.39, 0.29) is 12.4 Å². The molecular weight excluding hydrogens is 343 g/mol. The Kier molecular flexibility index (Phi) is 5.89. The van der Waals surface area contributed by atoms with E-state index in [2.05, 4.69) is 20.3 Å². The van der Waals surface area contributed by atoms with E-state index in [9.17, 15) is 24.5 Å². The largest absolute Gasteiger partial charge is 0.394 e. The van der Waals surface area contributed by atoms with Crippen LogP contribution in [0, 0.1) is 0 Å². The lowest BCUT2D eigenvalue weighted by Crippen LogP contribution is -2.43. The van der Waals surface area contributed by atoms with Crippen LogP contribution in [-0.4, -0.2) is 73.8 Å². The molecular formula is C12H17FN6O6. The van der Waals surface area contributed by atoms with Crippen molar-refractivity contribution in [3.8, 4) is 0 Å². The van der Waals surface area contributed by atoms with Crippen LogP contribution in [0.1, 0.15) is 6.23 Å². The van der Waals surface area contributed by atoms with Crippen LogP contribution in [0.15, 0.2) is 22.2 Å². The van der Waals surface area contributed by atoms with Gasteiger partial charge < -0.3 is 30.5 Å². The van der Waals surface area contributed by atoms with Crippen molar-refractivity contribution in [2.45, 2.75) is 30.3 Å². The summed E-state index contributed by atoms with van der Waals surface area (Å²) >= 11 is 0. The van der Waals surface area contributed by atoms with E-state index in [1.54, 1.807) is 0 Å². The second-order valence-electron chi connectivity index (χ2n) is 5.31. The monoisotopic (exact) mass is 360 g/mol. The number of nitrogens with zero attached hydrogens (tertiary/aromatic N) is 5. The van der Waals surface area contributed by atoms with Gasteiger partial charge in [0.1, 0.15) is 11.9 Å². The van der Waals surface area contributed by atoms with Crippen molar-refractivity contribution in [2.24, 2.45) is 5.11 Å². The Bertz CT molecular complexity index is 712. The molecule has 138 valence electrons. The minimum atomic E-state index is -2.25. The van der Waals surface area contributed by atoms with Crippen LogP contribution in [-0.2, 0) is 4.74 Å². The molecule has 13 heteroatoms. The van der Waals surface area contributed by atoms with E-state index in [1.165, 1.54) is 6.07 Å². The summed E-state index contributed by atoms with van der Waals surface area (Å²) in [6, 6.07) is 1.28. The number of nitrogens with one attached hydrogen (secondary N) is 1. The molecule has 1 fully saturated rings. The van der Waals surface area contributed by atoms with Crippen LogP contribution in [0.3, 0.4) is 0 Å². The van der Waals surface area contributed by atoms with Gasteiger partial charge in [0.05, 0.1) is 19.3 Å².